The molecule has 7 heteroatoms. The van der Waals surface area contributed by atoms with Crippen LogP contribution in [-0.2, 0) is 22.5 Å². The van der Waals surface area contributed by atoms with E-state index in [0.717, 1.165) is 42.1 Å². The number of nitrogens with one attached hydrogen (secondary N) is 1. The van der Waals surface area contributed by atoms with Crippen molar-refractivity contribution < 1.29 is 14.3 Å². The summed E-state index contributed by atoms with van der Waals surface area (Å²) in [7, 11) is 1.40. The van der Waals surface area contributed by atoms with Gasteiger partial charge in [0.05, 0.1) is 18.5 Å². The first-order valence-corrected chi connectivity index (χ1v) is 12.7. The van der Waals surface area contributed by atoms with Crippen molar-refractivity contribution in [3.63, 3.8) is 0 Å². The van der Waals surface area contributed by atoms with E-state index in [1.54, 1.807) is 0 Å². The Balaban J connectivity index is 1.37. The second kappa shape index (κ2) is 12.0. The number of rotatable bonds is 9. The summed E-state index contributed by atoms with van der Waals surface area (Å²) in [5.41, 5.74) is 5.77. The first-order chi connectivity index (χ1) is 17.5. The lowest BCUT2D eigenvalue weighted by Crippen LogP contribution is -2.46. The van der Waals surface area contributed by atoms with Crippen LogP contribution in [0.4, 0.5) is 0 Å². The van der Waals surface area contributed by atoms with Crippen LogP contribution >= 0.6 is 0 Å². The van der Waals surface area contributed by atoms with Gasteiger partial charge in [0.2, 0.25) is 0 Å². The number of amides is 1. The Bertz CT molecular complexity index is 1170. The van der Waals surface area contributed by atoms with E-state index in [-0.39, 0.29) is 11.9 Å². The van der Waals surface area contributed by atoms with Crippen molar-refractivity contribution in [2.75, 3.05) is 20.2 Å². The van der Waals surface area contributed by atoms with Gasteiger partial charge in [0.1, 0.15) is 0 Å². The molecule has 0 aliphatic carbocycles. The van der Waals surface area contributed by atoms with Gasteiger partial charge in [-0.3, -0.25) is 14.5 Å². The normalized spacial score (nSPS) is 16.0. The number of carbonyl (C=O) groups excluding carboxylic acids is 2. The van der Waals surface area contributed by atoms with Crippen molar-refractivity contribution in [1.82, 2.24) is 20.0 Å². The molecule has 2 heterocycles. The van der Waals surface area contributed by atoms with Crippen molar-refractivity contribution in [3.05, 3.63) is 82.7 Å². The van der Waals surface area contributed by atoms with Crippen LogP contribution in [0.5, 0.6) is 0 Å². The number of benzene rings is 2. The van der Waals surface area contributed by atoms with Crippen LogP contribution in [-0.4, -0.2) is 52.8 Å². The summed E-state index contributed by atoms with van der Waals surface area (Å²) in [6.45, 7) is 6.58. The third kappa shape index (κ3) is 6.21. The number of likely N-dealkylation sites (tertiary alicyclic amines) is 1. The Kier molecular flexibility index (Phi) is 8.54. The zero-order chi connectivity index (χ0) is 25.5. The SMILES string of the molecule is COC(=O)CCc1c(C)nn(-c2ccc(C(=O)NCC3CCCCN3Cc3ccccc3)cc2)c1C. The monoisotopic (exact) mass is 488 g/mol. The lowest BCUT2D eigenvalue weighted by molar-refractivity contribution is -0.140. The number of ether oxygens (including phenoxy) is 1. The minimum absolute atomic E-state index is 0.0566. The molecule has 0 bridgehead atoms. The fourth-order valence-electron chi connectivity index (χ4n) is 5.00. The molecule has 1 aromatic heterocycles. The van der Waals surface area contributed by atoms with Gasteiger partial charge in [-0.15, -0.1) is 0 Å². The summed E-state index contributed by atoms with van der Waals surface area (Å²) in [6, 6.07) is 18.4. The molecule has 0 radical (unpaired) electrons. The zero-order valence-electron chi connectivity index (χ0n) is 21.5. The Labute approximate surface area is 213 Å². The molecule has 1 atom stereocenters. The largest absolute Gasteiger partial charge is 0.469 e. The van der Waals surface area contributed by atoms with Crippen molar-refractivity contribution in [1.29, 1.82) is 0 Å². The third-order valence-corrected chi connectivity index (χ3v) is 7.10. The van der Waals surface area contributed by atoms with Gasteiger partial charge in [0.25, 0.3) is 5.91 Å². The summed E-state index contributed by atoms with van der Waals surface area (Å²) >= 11 is 0. The van der Waals surface area contributed by atoms with E-state index in [1.807, 2.05) is 48.9 Å². The van der Waals surface area contributed by atoms with Crippen LogP contribution in [0.2, 0.25) is 0 Å². The van der Waals surface area contributed by atoms with Gasteiger partial charge >= 0.3 is 5.97 Å². The van der Waals surface area contributed by atoms with E-state index in [0.29, 0.717) is 31.0 Å². The highest BCUT2D eigenvalue weighted by Crippen LogP contribution is 2.21. The number of nitrogens with zero attached hydrogens (tertiary/aromatic N) is 3. The van der Waals surface area contributed by atoms with Gasteiger partial charge in [-0.25, -0.2) is 4.68 Å². The fourth-order valence-corrected chi connectivity index (χ4v) is 5.00. The molecule has 0 saturated carbocycles. The molecule has 3 aromatic rings. The first kappa shape index (κ1) is 25.6. The number of piperidine rings is 1. The minimum Gasteiger partial charge on any atom is -0.469 e. The predicted molar refractivity (Wildman–Crippen MR) is 140 cm³/mol. The third-order valence-electron chi connectivity index (χ3n) is 7.10. The number of hydrogen-bond acceptors (Lipinski definition) is 5. The summed E-state index contributed by atoms with van der Waals surface area (Å²) in [5, 5.41) is 7.81. The van der Waals surface area contributed by atoms with Gasteiger partial charge in [-0.2, -0.15) is 5.10 Å². The Morgan fingerprint density at radius 3 is 2.53 bits per heavy atom. The lowest BCUT2D eigenvalue weighted by Gasteiger charge is -2.36. The number of methoxy groups -OCH3 is 1. The molecular formula is C29H36N4O3. The molecule has 1 N–H and O–H groups in total. The highest BCUT2D eigenvalue weighted by molar-refractivity contribution is 5.94. The van der Waals surface area contributed by atoms with Crippen LogP contribution in [0, 0.1) is 13.8 Å². The number of esters is 1. The van der Waals surface area contributed by atoms with E-state index in [2.05, 4.69) is 39.6 Å². The maximum atomic E-state index is 12.9. The Morgan fingerprint density at radius 2 is 1.81 bits per heavy atom. The van der Waals surface area contributed by atoms with E-state index >= 15 is 0 Å². The molecule has 2 aromatic carbocycles. The van der Waals surface area contributed by atoms with E-state index in [4.69, 9.17) is 4.74 Å². The molecule has 7 nitrogen and oxygen atoms in total. The summed E-state index contributed by atoms with van der Waals surface area (Å²) in [4.78, 5) is 26.9. The van der Waals surface area contributed by atoms with Crippen LogP contribution < -0.4 is 5.32 Å². The topological polar surface area (TPSA) is 76.5 Å². The summed E-state index contributed by atoms with van der Waals surface area (Å²) < 4.78 is 6.63. The number of aryl methyl sites for hydroxylation is 1. The van der Waals surface area contributed by atoms with Crippen LogP contribution in [0.1, 0.15) is 58.6 Å². The van der Waals surface area contributed by atoms with Crippen molar-refractivity contribution in [2.24, 2.45) is 0 Å². The van der Waals surface area contributed by atoms with Gasteiger partial charge in [0, 0.05) is 36.8 Å². The average Bonchev–Trinajstić information content (AvgIpc) is 3.20. The molecule has 190 valence electrons. The number of aromatic nitrogens is 2. The molecule has 1 aliphatic heterocycles. The van der Waals surface area contributed by atoms with Crippen LogP contribution in [0.25, 0.3) is 5.69 Å². The molecule has 4 rings (SSSR count). The molecule has 0 spiro atoms. The quantitative estimate of drug-likeness (QED) is 0.453. The van der Waals surface area contributed by atoms with Gasteiger partial charge in [0.15, 0.2) is 0 Å². The first-order valence-electron chi connectivity index (χ1n) is 12.7. The molecule has 1 fully saturated rings. The van der Waals surface area contributed by atoms with Crippen molar-refractivity contribution >= 4 is 11.9 Å². The fraction of sp³-hybridized carbons (Fsp3) is 0.414. The van der Waals surface area contributed by atoms with Crippen molar-refractivity contribution in [3.8, 4) is 5.69 Å². The van der Waals surface area contributed by atoms with E-state index in [9.17, 15) is 9.59 Å². The lowest BCUT2D eigenvalue weighted by atomic mass is 10.0. The smallest absolute Gasteiger partial charge is 0.305 e. The second-order valence-corrected chi connectivity index (χ2v) is 9.50. The highest BCUT2D eigenvalue weighted by atomic mass is 16.5. The van der Waals surface area contributed by atoms with Crippen molar-refractivity contribution in [2.45, 2.75) is 58.5 Å². The highest BCUT2D eigenvalue weighted by Gasteiger charge is 2.23. The zero-order valence-corrected chi connectivity index (χ0v) is 21.5. The Hall–Kier alpha value is -3.45. The summed E-state index contributed by atoms with van der Waals surface area (Å²) in [5.74, 6) is -0.285. The molecule has 1 unspecified atom stereocenters. The number of carbonyl (C=O) groups is 2. The Morgan fingerprint density at radius 1 is 1.06 bits per heavy atom. The van der Waals surface area contributed by atoms with E-state index in [1.165, 1.54) is 25.5 Å². The van der Waals surface area contributed by atoms with Crippen LogP contribution in [0.15, 0.2) is 54.6 Å². The molecule has 1 aliphatic rings. The average molecular weight is 489 g/mol. The molecule has 1 amide bonds. The van der Waals surface area contributed by atoms with Gasteiger partial charge in [-0.05, 0) is 75.0 Å². The van der Waals surface area contributed by atoms with E-state index < -0.39 is 0 Å². The minimum atomic E-state index is -0.228. The summed E-state index contributed by atoms with van der Waals surface area (Å²) in [6.07, 6.45) is 4.42. The maximum absolute atomic E-state index is 12.9. The van der Waals surface area contributed by atoms with Crippen LogP contribution in [0.3, 0.4) is 0 Å². The number of hydrogen-bond donors (Lipinski definition) is 1. The standard InChI is InChI=1S/C29H36N4O3/c1-21-27(16-17-28(34)36-3)22(2)33(31-21)25-14-12-24(13-15-25)29(35)30-19-26-11-7-8-18-32(26)20-23-9-5-4-6-10-23/h4-6,9-10,12-15,26H,7-8,11,16-20H2,1-3H3,(H,30,35). The van der Waals surface area contributed by atoms with Gasteiger partial charge in [-0.1, -0.05) is 36.8 Å². The maximum Gasteiger partial charge on any atom is 0.305 e. The second-order valence-electron chi connectivity index (χ2n) is 9.50. The molecular weight excluding hydrogens is 452 g/mol. The predicted octanol–water partition coefficient (Wildman–Crippen LogP) is 4.38. The molecule has 1 saturated heterocycles. The van der Waals surface area contributed by atoms with Gasteiger partial charge < -0.3 is 10.1 Å². The molecule has 36 heavy (non-hydrogen) atoms.